The molecule has 0 aromatic heterocycles. The molecule has 4 aromatic carbocycles. The summed E-state index contributed by atoms with van der Waals surface area (Å²) < 4.78 is 35.6. The van der Waals surface area contributed by atoms with Crippen LogP contribution in [0.5, 0.6) is 23.0 Å². The molecule has 0 aliphatic rings. The Balaban J connectivity index is 0.000000318. The average Bonchev–Trinajstić information content (AvgIpc) is 3.18. The first-order valence-electron chi connectivity index (χ1n) is 15.7. The molecule has 15 heteroatoms. The number of carbonyl (C=O) groups is 6. The Bertz CT molecular complexity index is 1890. The van der Waals surface area contributed by atoms with Crippen molar-refractivity contribution in [3.63, 3.8) is 0 Å². The molecule has 0 aliphatic heterocycles. The molecule has 0 N–H and O–H groups in total. The molecule has 0 saturated carbocycles. The highest BCUT2D eigenvalue weighted by molar-refractivity contribution is 9.10. The van der Waals surface area contributed by atoms with E-state index >= 15 is 0 Å². The average molecular weight is 875 g/mol. The fraction of sp³-hybridized carbons (Fsp3) is 0.231. The summed E-state index contributed by atoms with van der Waals surface area (Å²) in [6.07, 6.45) is -0.552. The van der Waals surface area contributed by atoms with E-state index < -0.39 is 35.9 Å². The lowest BCUT2D eigenvalue weighted by Crippen LogP contribution is -2.20. The first-order valence-corrected chi connectivity index (χ1v) is 17.3. The van der Waals surface area contributed by atoms with Crippen LogP contribution < -0.4 is 18.9 Å². The van der Waals surface area contributed by atoms with Gasteiger partial charge in [-0.3, -0.25) is 14.4 Å². The second-order valence-electron chi connectivity index (χ2n) is 10.6. The Morgan fingerprint density at radius 3 is 1.24 bits per heavy atom. The summed E-state index contributed by atoms with van der Waals surface area (Å²) in [5, 5.41) is 0. The number of rotatable bonds is 13. The van der Waals surface area contributed by atoms with Crippen LogP contribution in [0.2, 0.25) is 0 Å². The van der Waals surface area contributed by atoms with Crippen molar-refractivity contribution in [1.82, 2.24) is 0 Å². The molecule has 0 fully saturated rings. The van der Waals surface area contributed by atoms with Crippen molar-refractivity contribution in [2.45, 2.75) is 26.6 Å². The fourth-order valence-electron chi connectivity index (χ4n) is 4.24. The van der Waals surface area contributed by atoms with Gasteiger partial charge in [-0.05, 0) is 91.9 Å². The third-order valence-corrected chi connectivity index (χ3v) is 7.98. The van der Waals surface area contributed by atoms with Crippen LogP contribution in [0.1, 0.15) is 45.2 Å². The Labute approximate surface area is 329 Å². The molecule has 54 heavy (non-hydrogen) atoms. The quantitative estimate of drug-likeness (QED) is 0.0447. The van der Waals surface area contributed by atoms with Gasteiger partial charge < -0.3 is 33.2 Å². The van der Waals surface area contributed by atoms with Gasteiger partial charge in [0.05, 0.1) is 42.0 Å². The van der Waals surface area contributed by atoms with Crippen molar-refractivity contribution >= 4 is 67.1 Å². The number of hydrogen-bond acceptors (Lipinski definition) is 13. The largest absolute Gasteiger partial charge is 0.497 e. The zero-order chi connectivity index (χ0) is 40.2. The molecule has 0 unspecified atom stereocenters. The molecule has 0 amide bonds. The topological polar surface area (TPSA) is 167 Å². The summed E-state index contributed by atoms with van der Waals surface area (Å²) in [7, 11) is 6.51. The second kappa shape index (κ2) is 23.2. The minimum atomic E-state index is -1.04. The number of methoxy groups -OCH3 is 5. The van der Waals surface area contributed by atoms with Gasteiger partial charge in [0.2, 0.25) is 5.78 Å². The molecular weight excluding hydrogens is 836 g/mol. The molecule has 0 spiro atoms. The number of ketones is 3. The van der Waals surface area contributed by atoms with E-state index in [2.05, 4.69) is 46.1 Å². The van der Waals surface area contributed by atoms with E-state index in [9.17, 15) is 28.8 Å². The maximum absolute atomic E-state index is 12.4. The third-order valence-electron chi connectivity index (χ3n) is 6.99. The Hall–Kier alpha value is -5.54. The summed E-state index contributed by atoms with van der Waals surface area (Å²) in [6.45, 7) is 2.03. The predicted molar refractivity (Wildman–Crippen MR) is 203 cm³/mol. The first kappa shape index (κ1) is 44.6. The van der Waals surface area contributed by atoms with Gasteiger partial charge in [-0.15, -0.1) is 0 Å². The highest BCUT2D eigenvalue weighted by Crippen LogP contribution is 2.24. The first-order chi connectivity index (χ1) is 25.8. The van der Waals surface area contributed by atoms with Crippen LogP contribution in [-0.2, 0) is 46.6 Å². The Morgan fingerprint density at radius 1 is 0.500 bits per heavy atom. The fourth-order valence-corrected chi connectivity index (χ4v) is 5.06. The van der Waals surface area contributed by atoms with E-state index in [0.29, 0.717) is 34.8 Å². The van der Waals surface area contributed by atoms with Crippen LogP contribution in [0.3, 0.4) is 0 Å². The van der Waals surface area contributed by atoms with Crippen LogP contribution in [0, 0.1) is 0 Å². The molecule has 0 radical (unpaired) electrons. The SMILES string of the molecule is COC(=O)C(=O)CC(=O)c1ccc(Br)cc1COc1ccc(OC)cc1.COC(=O)C(=O)OC.COc1ccc(OCc2cc(Br)ccc2C(C)=O)cc1. The number of Topliss-reactive ketones (excluding diaryl/α,β-unsaturated/α-hetero) is 3. The third kappa shape index (κ3) is 14.8. The van der Waals surface area contributed by atoms with E-state index in [0.717, 1.165) is 47.3 Å². The van der Waals surface area contributed by atoms with E-state index in [1.165, 1.54) is 0 Å². The Morgan fingerprint density at radius 2 is 0.870 bits per heavy atom. The molecule has 0 saturated heterocycles. The maximum Gasteiger partial charge on any atom is 0.417 e. The van der Waals surface area contributed by atoms with Crippen LogP contribution in [0.4, 0.5) is 0 Å². The van der Waals surface area contributed by atoms with Crippen LogP contribution in [0.25, 0.3) is 0 Å². The number of esters is 3. The highest BCUT2D eigenvalue weighted by Gasteiger charge is 2.21. The minimum absolute atomic E-state index is 0.0332. The molecule has 4 rings (SSSR count). The van der Waals surface area contributed by atoms with E-state index in [-0.39, 0.29) is 12.4 Å². The normalized spacial score (nSPS) is 9.78. The number of ether oxygens (including phenoxy) is 7. The summed E-state index contributed by atoms with van der Waals surface area (Å²) in [6, 6.07) is 24.9. The molecule has 0 aliphatic carbocycles. The highest BCUT2D eigenvalue weighted by atomic mass is 79.9. The second-order valence-corrected chi connectivity index (χ2v) is 12.4. The van der Waals surface area contributed by atoms with Crippen LogP contribution in [0.15, 0.2) is 93.9 Å². The molecule has 4 aromatic rings. The van der Waals surface area contributed by atoms with Gasteiger partial charge in [-0.25, -0.2) is 14.4 Å². The summed E-state index contributed by atoms with van der Waals surface area (Å²) in [5.41, 5.74) is 2.46. The molecule has 13 nitrogen and oxygen atoms in total. The standard InChI is InChI=1S/C19H17BrO6.C16H15BrO3.C4H6O4/c1-24-14-4-6-15(7-5-14)26-11-12-9-13(20)3-8-16(12)17(21)10-18(22)19(23)25-2;1-11(18)16-8-3-13(17)9-12(16)10-20-15-6-4-14(19-2)5-7-15;1-7-3(5)4(6)8-2/h3-9H,10-11H2,1-2H3;3-9H,10H2,1-2H3;1-2H3. The molecule has 286 valence electrons. The predicted octanol–water partition coefficient (Wildman–Crippen LogP) is 6.92. The van der Waals surface area contributed by atoms with Crippen LogP contribution in [-0.4, -0.2) is 70.8 Å². The van der Waals surface area contributed by atoms with Crippen molar-refractivity contribution < 1.29 is 61.9 Å². The lowest BCUT2D eigenvalue weighted by molar-refractivity contribution is -0.164. The smallest absolute Gasteiger partial charge is 0.417 e. The summed E-state index contributed by atoms with van der Waals surface area (Å²) in [5.74, 6) is -1.49. The van der Waals surface area contributed by atoms with Gasteiger partial charge in [0.25, 0.3) is 0 Å². The van der Waals surface area contributed by atoms with Gasteiger partial charge in [-0.1, -0.05) is 31.9 Å². The summed E-state index contributed by atoms with van der Waals surface area (Å²) in [4.78, 5) is 66.9. The lowest BCUT2D eigenvalue weighted by Gasteiger charge is -2.11. The van der Waals surface area contributed by atoms with E-state index in [1.54, 1.807) is 69.7 Å². The van der Waals surface area contributed by atoms with Crippen molar-refractivity contribution in [1.29, 1.82) is 0 Å². The van der Waals surface area contributed by atoms with Gasteiger partial charge >= 0.3 is 17.9 Å². The van der Waals surface area contributed by atoms with Crippen LogP contribution >= 0.6 is 31.9 Å². The monoisotopic (exact) mass is 872 g/mol. The van der Waals surface area contributed by atoms with Crippen molar-refractivity contribution in [2.24, 2.45) is 0 Å². The van der Waals surface area contributed by atoms with Gasteiger partial charge in [0, 0.05) is 31.2 Å². The Kier molecular flexibility index (Phi) is 19.2. The van der Waals surface area contributed by atoms with Gasteiger partial charge in [0.15, 0.2) is 11.6 Å². The number of carbonyl (C=O) groups excluding carboxylic acids is 6. The maximum atomic E-state index is 12.4. The van der Waals surface area contributed by atoms with E-state index in [4.69, 9.17) is 18.9 Å². The van der Waals surface area contributed by atoms with E-state index in [1.807, 2.05) is 36.4 Å². The molecule has 0 heterocycles. The van der Waals surface area contributed by atoms with Gasteiger partial charge in [0.1, 0.15) is 36.2 Å². The van der Waals surface area contributed by atoms with Crippen molar-refractivity contribution in [3.8, 4) is 23.0 Å². The van der Waals surface area contributed by atoms with Crippen molar-refractivity contribution in [2.75, 3.05) is 35.5 Å². The molecule has 0 bridgehead atoms. The molecule has 0 atom stereocenters. The number of hydrogen-bond donors (Lipinski definition) is 0. The van der Waals surface area contributed by atoms with Crippen molar-refractivity contribution in [3.05, 3.63) is 116 Å². The number of benzene rings is 4. The zero-order valence-electron chi connectivity index (χ0n) is 30.3. The zero-order valence-corrected chi connectivity index (χ0v) is 33.4. The minimum Gasteiger partial charge on any atom is -0.497 e. The lowest BCUT2D eigenvalue weighted by atomic mass is 10.0. The van der Waals surface area contributed by atoms with Gasteiger partial charge in [-0.2, -0.15) is 0 Å². The number of halogens is 2. The molecular formula is C39H38Br2O13. The summed E-state index contributed by atoms with van der Waals surface area (Å²) >= 11 is 6.76.